The number of nitrogens with zero attached hydrogens (tertiary/aromatic N) is 2. The quantitative estimate of drug-likeness (QED) is 0.588. The predicted molar refractivity (Wildman–Crippen MR) is 43.7 cm³/mol. The molecule has 0 aromatic rings. The standard InChI is InChI=1S/C6H9N3S/c7-3-5-4-9-2-1-8-6(9)10-5/h4H,1-3,7H2. The minimum atomic E-state index is 0.639. The van der Waals surface area contributed by atoms with Crippen LogP contribution >= 0.6 is 11.8 Å². The second-order valence-electron chi connectivity index (χ2n) is 2.26. The molecule has 0 atom stereocenters. The van der Waals surface area contributed by atoms with E-state index >= 15 is 0 Å². The average molecular weight is 155 g/mol. The van der Waals surface area contributed by atoms with Crippen molar-refractivity contribution in [3.05, 3.63) is 11.1 Å². The van der Waals surface area contributed by atoms with E-state index < -0.39 is 0 Å². The van der Waals surface area contributed by atoms with Crippen LogP contribution in [0.3, 0.4) is 0 Å². The molecule has 2 aliphatic heterocycles. The summed E-state index contributed by atoms with van der Waals surface area (Å²) >= 11 is 1.69. The Morgan fingerprint density at radius 1 is 1.80 bits per heavy atom. The number of thioether (sulfide) groups is 1. The van der Waals surface area contributed by atoms with Crippen molar-refractivity contribution in [2.75, 3.05) is 19.6 Å². The maximum atomic E-state index is 5.47. The lowest BCUT2D eigenvalue weighted by atomic mass is 10.5. The average Bonchev–Trinajstić information content (AvgIpc) is 2.42. The fourth-order valence-electron chi connectivity index (χ4n) is 1.06. The van der Waals surface area contributed by atoms with Crippen molar-refractivity contribution in [1.82, 2.24) is 4.90 Å². The van der Waals surface area contributed by atoms with E-state index in [1.165, 1.54) is 4.91 Å². The molecule has 0 radical (unpaired) electrons. The number of amidine groups is 1. The fourth-order valence-corrected chi connectivity index (χ4v) is 1.98. The Morgan fingerprint density at radius 3 is 3.40 bits per heavy atom. The molecule has 0 fully saturated rings. The van der Waals surface area contributed by atoms with E-state index in [0.717, 1.165) is 18.3 Å². The molecule has 0 aromatic carbocycles. The van der Waals surface area contributed by atoms with Gasteiger partial charge in [0.1, 0.15) is 0 Å². The van der Waals surface area contributed by atoms with Crippen LogP contribution in [0, 0.1) is 0 Å². The Kier molecular flexibility index (Phi) is 1.43. The molecule has 0 saturated carbocycles. The molecule has 0 unspecified atom stereocenters. The van der Waals surface area contributed by atoms with Crippen LogP contribution in [-0.4, -0.2) is 29.7 Å². The van der Waals surface area contributed by atoms with Crippen LogP contribution < -0.4 is 5.73 Å². The highest BCUT2D eigenvalue weighted by Crippen LogP contribution is 2.29. The van der Waals surface area contributed by atoms with Gasteiger partial charge in [-0.25, -0.2) is 0 Å². The number of rotatable bonds is 1. The minimum absolute atomic E-state index is 0.639. The number of aliphatic imine (C=N–C) groups is 1. The largest absolute Gasteiger partial charge is 0.326 e. The third-order valence-electron chi connectivity index (χ3n) is 1.56. The van der Waals surface area contributed by atoms with Crippen LogP contribution in [0.4, 0.5) is 0 Å². The Balaban J connectivity index is 2.16. The molecule has 0 aliphatic carbocycles. The van der Waals surface area contributed by atoms with Gasteiger partial charge in [0.05, 0.1) is 6.54 Å². The highest BCUT2D eigenvalue weighted by atomic mass is 32.2. The van der Waals surface area contributed by atoms with Crippen LogP contribution in [0.25, 0.3) is 0 Å². The zero-order chi connectivity index (χ0) is 6.97. The van der Waals surface area contributed by atoms with Crippen LogP contribution in [0.1, 0.15) is 0 Å². The van der Waals surface area contributed by atoms with E-state index in [2.05, 4.69) is 16.1 Å². The molecule has 2 aliphatic rings. The highest BCUT2D eigenvalue weighted by Gasteiger charge is 2.22. The van der Waals surface area contributed by atoms with Crippen LogP contribution in [0.5, 0.6) is 0 Å². The summed E-state index contributed by atoms with van der Waals surface area (Å²) in [7, 11) is 0. The van der Waals surface area contributed by atoms with Gasteiger partial charge in [-0.15, -0.1) is 0 Å². The second-order valence-corrected chi connectivity index (χ2v) is 3.35. The second kappa shape index (κ2) is 2.29. The summed E-state index contributed by atoms with van der Waals surface area (Å²) in [5.41, 5.74) is 5.47. The van der Waals surface area contributed by atoms with Gasteiger partial charge in [-0.3, -0.25) is 4.99 Å². The molecule has 10 heavy (non-hydrogen) atoms. The first-order valence-corrected chi connectivity index (χ1v) is 4.11. The van der Waals surface area contributed by atoms with E-state index in [9.17, 15) is 0 Å². The van der Waals surface area contributed by atoms with Gasteiger partial charge in [0, 0.05) is 24.2 Å². The number of fused-ring (bicyclic) bond motifs is 1. The topological polar surface area (TPSA) is 41.6 Å². The fraction of sp³-hybridized carbons (Fsp3) is 0.500. The van der Waals surface area contributed by atoms with E-state index in [1.54, 1.807) is 11.8 Å². The van der Waals surface area contributed by atoms with Crippen molar-refractivity contribution < 1.29 is 0 Å². The molecule has 3 nitrogen and oxygen atoms in total. The summed E-state index contributed by atoms with van der Waals surface area (Å²) in [5, 5.41) is 1.13. The van der Waals surface area contributed by atoms with Gasteiger partial charge >= 0.3 is 0 Å². The van der Waals surface area contributed by atoms with Crippen molar-refractivity contribution in [1.29, 1.82) is 0 Å². The van der Waals surface area contributed by atoms with Crippen molar-refractivity contribution in [2.45, 2.75) is 0 Å². The lowest BCUT2D eigenvalue weighted by Gasteiger charge is -2.04. The Hall–Kier alpha value is -0.480. The SMILES string of the molecule is NCC1=CN2CCN=C2S1. The molecule has 0 bridgehead atoms. The van der Waals surface area contributed by atoms with E-state index in [-0.39, 0.29) is 0 Å². The van der Waals surface area contributed by atoms with Crippen LogP contribution in [-0.2, 0) is 0 Å². The monoisotopic (exact) mass is 155 g/mol. The van der Waals surface area contributed by atoms with E-state index in [4.69, 9.17) is 5.73 Å². The van der Waals surface area contributed by atoms with E-state index in [1.807, 2.05) is 0 Å². The van der Waals surface area contributed by atoms with Gasteiger partial charge in [0.15, 0.2) is 5.17 Å². The zero-order valence-electron chi connectivity index (χ0n) is 5.58. The van der Waals surface area contributed by atoms with Gasteiger partial charge in [0.2, 0.25) is 0 Å². The first kappa shape index (κ1) is 6.24. The third-order valence-corrected chi connectivity index (χ3v) is 2.64. The third kappa shape index (κ3) is 0.839. The molecule has 0 aromatic heterocycles. The molecule has 54 valence electrons. The summed E-state index contributed by atoms with van der Waals surface area (Å²) in [6.07, 6.45) is 2.09. The first-order chi connectivity index (χ1) is 4.90. The lowest BCUT2D eigenvalue weighted by molar-refractivity contribution is 0.621. The molecular weight excluding hydrogens is 146 g/mol. The number of hydrogen-bond acceptors (Lipinski definition) is 4. The molecule has 2 heterocycles. The van der Waals surface area contributed by atoms with Gasteiger partial charge in [0.25, 0.3) is 0 Å². The Morgan fingerprint density at radius 2 is 2.70 bits per heavy atom. The maximum absolute atomic E-state index is 5.47. The van der Waals surface area contributed by atoms with Gasteiger partial charge in [-0.05, 0) is 0 Å². The van der Waals surface area contributed by atoms with Gasteiger partial charge < -0.3 is 10.6 Å². The smallest absolute Gasteiger partial charge is 0.168 e. The van der Waals surface area contributed by atoms with Crippen molar-refractivity contribution in [3.63, 3.8) is 0 Å². The van der Waals surface area contributed by atoms with Crippen molar-refractivity contribution in [2.24, 2.45) is 10.7 Å². The summed E-state index contributed by atoms with van der Waals surface area (Å²) in [6, 6.07) is 0. The summed E-state index contributed by atoms with van der Waals surface area (Å²) in [4.78, 5) is 7.67. The Bertz CT molecular complexity index is 209. The normalized spacial score (nSPS) is 22.7. The molecule has 2 rings (SSSR count). The molecule has 2 N–H and O–H groups in total. The molecule has 0 saturated heterocycles. The summed E-state index contributed by atoms with van der Waals surface area (Å²) in [5.74, 6) is 0. The summed E-state index contributed by atoms with van der Waals surface area (Å²) < 4.78 is 0. The van der Waals surface area contributed by atoms with Crippen molar-refractivity contribution in [3.8, 4) is 0 Å². The summed E-state index contributed by atoms with van der Waals surface area (Å²) in [6.45, 7) is 2.61. The van der Waals surface area contributed by atoms with E-state index in [0.29, 0.717) is 6.54 Å². The number of hydrogen-bond donors (Lipinski definition) is 1. The highest BCUT2D eigenvalue weighted by molar-refractivity contribution is 8.17. The first-order valence-electron chi connectivity index (χ1n) is 3.30. The molecule has 0 spiro atoms. The molecule has 0 amide bonds. The van der Waals surface area contributed by atoms with Crippen molar-refractivity contribution >= 4 is 16.9 Å². The predicted octanol–water partition coefficient (Wildman–Crippen LogP) is 0.205. The zero-order valence-corrected chi connectivity index (χ0v) is 6.40. The minimum Gasteiger partial charge on any atom is -0.326 e. The van der Waals surface area contributed by atoms with Crippen LogP contribution in [0.2, 0.25) is 0 Å². The van der Waals surface area contributed by atoms with Gasteiger partial charge in [-0.2, -0.15) is 0 Å². The lowest BCUT2D eigenvalue weighted by Crippen LogP contribution is -2.14. The van der Waals surface area contributed by atoms with Crippen LogP contribution in [0.15, 0.2) is 16.1 Å². The molecular formula is C6H9N3S. The maximum Gasteiger partial charge on any atom is 0.168 e. The van der Waals surface area contributed by atoms with Gasteiger partial charge in [-0.1, -0.05) is 11.8 Å². The molecule has 4 heteroatoms. The number of nitrogens with two attached hydrogens (primary N) is 1. The Labute approximate surface area is 64.0 Å².